The Morgan fingerprint density at radius 1 is 1.19 bits per heavy atom. The maximum atomic E-state index is 11.4. The molecule has 1 aliphatic rings. The van der Waals surface area contributed by atoms with E-state index < -0.39 is 23.2 Å². The van der Waals surface area contributed by atoms with E-state index in [1.807, 2.05) is 0 Å². The van der Waals surface area contributed by atoms with Crippen molar-refractivity contribution < 1.29 is 9.59 Å². The standard InChI is InChI=1S/C10H9ClN2O2S/c11-6-3-1-5(2-4-6)7-8(16)9(14)13-10(15)12-7/h1-4,7-8,16H,(H2,12,13,14,15)/t7-,8-/m1/s1. The van der Waals surface area contributed by atoms with Crippen molar-refractivity contribution in [3.63, 3.8) is 0 Å². The highest BCUT2D eigenvalue weighted by molar-refractivity contribution is 7.81. The van der Waals surface area contributed by atoms with Crippen molar-refractivity contribution in [3.8, 4) is 0 Å². The summed E-state index contributed by atoms with van der Waals surface area (Å²) in [5.41, 5.74) is 0.799. The summed E-state index contributed by atoms with van der Waals surface area (Å²) in [6.45, 7) is 0. The summed E-state index contributed by atoms with van der Waals surface area (Å²) in [6.07, 6.45) is 0. The third-order valence-electron chi connectivity index (χ3n) is 2.34. The number of halogens is 1. The van der Waals surface area contributed by atoms with Crippen molar-refractivity contribution in [2.24, 2.45) is 0 Å². The van der Waals surface area contributed by atoms with Gasteiger partial charge >= 0.3 is 6.03 Å². The molecule has 2 atom stereocenters. The third-order valence-corrected chi connectivity index (χ3v) is 3.12. The Morgan fingerprint density at radius 3 is 2.44 bits per heavy atom. The first-order valence-electron chi connectivity index (χ1n) is 4.63. The van der Waals surface area contributed by atoms with Gasteiger partial charge in [0.25, 0.3) is 0 Å². The number of carbonyl (C=O) groups is 2. The van der Waals surface area contributed by atoms with Crippen molar-refractivity contribution in [2.45, 2.75) is 11.3 Å². The van der Waals surface area contributed by atoms with Crippen molar-refractivity contribution >= 4 is 36.2 Å². The van der Waals surface area contributed by atoms with Gasteiger partial charge in [0.05, 0.1) is 6.04 Å². The summed E-state index contributed by atoms with van der Waals surface area (Å²) in [5.74, 6) is -0.396. The molecule has 1 aliphatic heterocycles. The number of amides is 3. The maximum Gasteiger partial charge on any atom is 0.322 e. The van der Waals surface area contributed by atoms with Crippen molar-refractivity contribution in [2.75, 3.05) is 0 Å². The van der Waals surface area contributed by atoms with Gasteiger partial charge in [-0.2, -0.15) is 12.6 Å². The van der Waals surface area contributed by atoms with Gasteiger partial charge in [0.1, 0.15) is 5.25 Å². The third kappa shape index (κ3) is 2.15. The fourth-order valence-electron chi connectivity index (χ4n) is 1.53. The summed E-state index contributed by atoms with van der Waals surface area (Å²) >= 11 is 9.93. The molecular weight excluding hydrogens is 248 g/mol. The molecule has 3 amide bonds. The Labute approximate surface area is 103 Å². The minimum absolute atomic E-state index is 0.396. The molecule has 0 spiro atoms. The average molecular weight is 257 g/mol. The number of rotatable bonds is 1. The van der Waals surface area contributed by atoms with Gasteiger partial charge < -0.3 is 5.32 Å². The molecule has 4 nitrogen and oxygen atoms in total. The van der Waals surface area contributed by atoms with Gasteiger partial charge in [-0.3, -0.25) is 10.1 Å². The molecule has 2 N–H and O–H groups in total. The highest BCUT2D eigenvalue weighted by Crippen LogP contribution is 2.24. The predicted octanol–water partition coefficient (Wildman–Crippen LogP) is 1.52. The Kier molecular flexibility index (Phi) is 3.07. The zero-order valence-electron chi connectivity index (χ0n) is 8.11. The Bertz CT molecular complexity index is 435. The molecular formula is C10H9ClN2O2S. The fraction of sp³-hybridized carbons (Fsp3) is 0.200. The monoisotopic (exact) mass is 256 g/mol. The van der Waals surface area contributed by atoms with E-state index in [1.54, 1.807) is 24.3 Å². The summed E-state index contributed by atoms with van der Waals surface area (Å²) in [4.78, 5) is 22.5. The van der Waals surface area contributed by atoms with E-state index >= 15 is 0 Å². The van der Waals surface area contributed by atoms with Gasteiger partial charge in [0.2, 0.25) is 5.91 Å². The quantitative estimate of drug-likeness (QED) is 0.668. The minimum Gasteiger partial charge on any atom is -0.329 e. The second-order valence-corrected chi connectivity index (χ2v) is 4.43. The largest absolute Gasteiger partial charge is 0.329 e. The van der Waals surface area contributed by atoms with Crippen LogP contribution < -0.4 is 10.6 Å². The molecule has 1 heterocycles. The van der Waals surface area contributed by atoms with E-state index in [-0.39, 0.29) is 0 Å². The van der Waals surface area contributed by atoms with Gasteiger partial charge in [0, 0.05) is 5.02 Å². The van der Waals surface area contributed by atoms with Crippen LogP contribution in [0.2, 0.25) is 5.02 Å². The summed E-state index contributed by atoms with van der Waals surface area (Å²) in [5, 5.41) is 4.80. The molecule has 1 fully saturated rings. The predicted molar refractivity (Wildman–Crippen MR) is 63.6 cm³/mol. The number of carbonyl (C=O) groups excluding carboxylic acids is 2. The molecule has 16 heavy (non-hydrogen) atoms. The highest BCUT2D eigenvalue weighted by Gasteiger charge is 2.33. The SMILES string of the molecule is O=C1NC(=O)[C@H](S)[C@@H](c2ccc(Cl)cc2)N1. The van der Waals surface area contributed by atoms with Crippen molar-refractivity contribution in [1.29, 1.82) is 0 Å². The number of thiol groups is 1. The number of urea groups is 1. The molecule has 1 aromatic carbocycles. The second-order valence-electron chi connectivity index (χ2n) is 3.44. The molecule has 0 bridgehead atoms. The lowest BCUT2D eigenvalue weighted by molar-refractivity contribution is -0.120. The van der Waals surface area contributed by atoms with Gasteiger partial charge in [-0.1, -0.05) is 23.7 Å². The fourth-order valence-corrected chi connectivity index (χ4v) is 1.97. The topological polar surface area (TPSA) is 58.2 Å². The molecule has 2 rings (SSSR count). The average Bonchev–Trinajstić information content (AvgIpc) is 2.25. The molecule has 6 heteroatoms. The Hall–Kier alpha value is -1.20. The number of benzene rings is 1. The van der Waals surface area contributed by atoms with Crippen LogP contribution in [-0.2, 0) is 4.79 Å². The van der Waals surface area contributed by atoms with E-state index in [4.69, 9.17) is 11.6 Å². The van der Waals surface area contributed by atoms with Crippen molar-refractivity contribution in [3.05, 3.63) is 34.9 Å². The lowest BCUT2D eigenvalue weighted by Crippen LogP contribution is -2.54. The van der Waals surface area contributed by atoms with E-state index in [1.165, 1.54) is 0 Å². The molecule has 0 radical (unpaired) electrons. The summed E-state index contributed by atoms with van der Waals surface area (Å²) in [7, 11) is 0. The summed E-state index contributed by atoms with van der Waals surface area (Å²) in [6, 6.07) is 5.99. The van der Waals surface area contributed by atoms with Gasteiger partial charge in [0.15, 0.2) is 0 Å². The van der Waals surface area contributed by atoms with Crippen LogP contribution in [0.5, 0.6) is 0 Å². The first kappa shape index (κ1) is 11.3. The van der Waals surface area contributed by atoms with E-state index in [9.17, 15) is 9.59 Å². The van der Waals surface area contributed by atoms with Crippen LogP contribution in [0, 0.1) is 0 Å². The number of nitrogens with one attached hydrogen (secondary N) is 2. The molecule has 0 aromatic heterocycles. The smallest absolute Gasteiger partial charge is 0.322 e. The zero-order valence-corrected chi connectivity index (χ0v) is 9.76. The molecule has 0 unspecified atom stereocenters. The molecule has 0 saturated carbocycles. The lowest BCUT2D eigenvalue weighted by Gasteiger charge is -2.28. The summed E-state index contributed by atoms with van der Waals surface area (Å²) < 4.78 is 0. The molecule has 0 aliphatic carbocycles. The van der Waals surface area contributed by atoms with Crippen LogP contribution in [-0.4, -0.2) is 17.2 Å². The molecule has 1 aromatic rings. The van der Waals surface area contributed by atoms with Crippen molar-refractivity contribution in [1.82, 2.24) is 10.6 Å². The van der Waals surface area contributed by atoms with Gasteiger partial charge in [-0.15, -0.1) is 0 Å². The van der Waals surface area contributed by atoms with Crippen LogP contribution in [0.4, 0.5) is 4.79 Å². The maximum absolute atomic E-state index is 11.4. The van der Waals surface area contributed by atoms with Crippen LogP contribution in [0.1, 0.15) is 11.6 Å². The Balaban J connectivity index is 2.28. The second kappa shape index (κ2) is 4.35. The van der Waals surface area contributed by atoms with E-state index in [0.717, 1.165) is 5.56 Å². The number of imide groups is 1. The Morgan fingerprint density at radius 2 is 1.81 bits per heavy atom. The molecule has 84 valence electrons. The van der Waals surface area contributed by atoms with Crippen LogP contribution in [0.3, 0.4) is 0 Å². The minimum atomic E-state index is -0.598. The number of hydrogen-bond acceptors (Lipinski definition) is 3. The lowest BCUT2D eigenvalue weighted by atomic mass is 10.0. The first-order chi connectivity index (χ1) is 7.58. The van der Waals surface area contributed by atoms with E-state index in [0.29, 0.717) is 5.02 Å². The zero-order chi connectivity index (χ0) is 11.7. The van der Waals surface area contributed by atoms with Gasteiger partial charge in [-0.25, -0.2) is 4.79 Å². The van der Waals surface area contributed by atoms with E-state index in [2.05, 4.69) is 23.3 Å². The van der Waals surface area contributed by atoms with Crippen LogP contribution >= 0.6 is 24.2 Å². The van der Waals surface area contributed by atoms with Crippen LogP contribution in [0.15, 0.2) is 24.3 Å². The van der Waals surface area contributed by atoms with Crippen LogP contribution in [0.25, 0.3) is 0 Å². The highest BCUT2D eigenvalue weighted by atomic mass is 35.5. The van der Waals surface area contributed by atoms with Gasteiger partial charge in [-0.05, 0) is 17.7 Å². The first-order valence-corrected chi connectivity index (χ1v) is 5.52. The normalized spacial score (nSPS) is 24.9. The number of hydrogen-bond donors (Lipinski definition) is 3. The molecule has 1 saturated heterocycles.